The second-order valence-corrected chi connectivity index (χ2v) is 5.22. The Labute approximate surface area is 107 Å². The van der Waals surface area contributed by atoms with Gasteiger partial charge in [-0.3, -0.25) is 14.4 Å². The van der Waals surface area contributed by atoms with Crippen LogP contribution in [-0.2, 0) is 18.4 Å². The molecular weight excluding hydrogens is 230 g/mol. The topological polar surface area (TPSA) is 54.3 Å². The summed E-state index contributed by atoms with van der Waals surface area (Å²) in [5, 5.41) is 4.05. The Morgan fingerprint density at radius 3 is 2.72 bits per heavy atom. The van der Waals surface area contributed by atoms with Crippen molar-refractivity contribution in [1.82, 2.24) is 24.6 Å². The first-order chi connectivity index (χ1) is 8.74. The molecule has 0 spiro atoms. The van der Waals surface area contributed by atoms with Gasteiger partial charge in [0.15, 0.2) is 0 Å². The van der Waals surface area contributed by atoms with Crippen LogP contribution in [0.3, 0.4) is 0 Å². The van der Waals surface area contributed by atoms with Gasteiger partial charge in [-0.15, -0.1) is 0 Å². The summed E-state index contributed by atoms with van der Waals surface area (Å²) in [6, 6.07) is 0. The third kappa shape index (κ3) is 2.12. The zero-order valence-corrected chi connectivity index (χ0v) is 10.7. The molecule has 3 heterocycles. The summed E-state index contributed by atoms with van der Waals surface area (Å²) >= 11 is 0. The fourth-order valence-electron chi connectivity index (χ4n) is 2.71. The largest absolute Gasteiger partial charge is 0.342 e. The number of carbonyl (C=O) groups is 1. The number of likely N-dealkylation sites (tertiary alicyclic amines) is 2. The fraction of sp³-hybridized carbons (Fsp3) is 0.750. The molecular formula is C12H19N5O. The quantitative estimate of drug-likeness (QED) is 0.749. The van der Waals surface area contributed by atoms with Crippen LogP contribution in [0.2, 0.25) is 0 Å². The molecule has 0 bridgehead atoms. The highest BCUT2D eigenvalue weighted by atomic mass is 16.2. The SMILES string of the molecule is Cn1ncnc1CN1CC(C(=O)N2CCCC2)C1. The average molecular weight is 249 g/mol. The molecule has 3 rings (SSSR count). The number of hydrogen-bond acceptors (Lipinski definition) is 4. The number of aryl methyl sites for hydroxylation is 1. The monoisotopic (exact) mass is 249 g/mol. The molecule has 18 heavy (non-hydrogen) atoms. The van der Waals surface area contributed by atoms with Gasteiger partial charge in [-0.05, 0) is 12.8 Å². The predicted octanol–water partition coefficient (Wildman–Crippen LogP) is -0.131. The Bertz CT molecular complexity index is 431. The summed E-state index contributed by atoms with van der Waals surface area (Å²) in [5.41, 5.74) is 0. The Morgan fingerprint density at radius 1 is 1.39 bits per heavy atom. The maximum absolute atomic E-state index is 12.1. The molecule has 1 amide bonds. The molecule has 2 saturated heterocycles. The van der Waals surface area contributed by atoms with Gasteiger partial charge in [-0.25, -0.2) is 4.98 Å². The minimum Gasteiger partial charge on any atom is -0.342 e. The van der Waals surface area contributed by atoms with Gasteiger partial charge >= 0.3 is 0 Å². The van der Waals surface area contributed by atoms with E-state index in [1.807, 2.05) is 11.9 Å². The normalized spacial score (nSPS) is 21.3. The van der Waals surface area contributed by atoms with Crippen molar-refractivity contribution in [1.29, 1.82) is 0 Å². The van der Waals surface area contributed by atoms with E-state index in [0.29, 0.717) is 5.91 Å². The second-order valence-electron chi connectivity index (χ2n) is 5.22. The third-order valence-corrected chi connectivity index (χ3v) is 3.89. The number of aromatic nitrogens is 3. The summed E-state index contributed by atoms with van der Waals surface area (Å²) < 4.78 is 1.79. The van der Waals surface area contributed by atoms with E-state index in [4.69, 9.17) is 0 Å². The molecule has 6 nitrogen and oxygen atoms in total. The Kier molecular flexibility index (Phi) is 3.03. The van der Waals surface area contributed by atoms with E-state index >= 15 is 0 Å². The maximum atomic E-state index is 12.1. The number of amides is 1. The fourth-order valence-corrected chi connectivity index (χ4v) is 2.71. The summed E-state index contributed by atoms with van der Waals surface area (Å²) in [6.45, 7) is 4.43. The third-order valence-electron chi connectivity index (χ3n) is 3.89. The number of nitrogens with zero attached hydrogens (tertiary/aromatic N) is 5. The van der Waals surface area contributed by atoms with E-state index in [9.17, 15) is 4.79 Å². The molecule has 0 saturated carbocycles. The zero-order chi connectivity index (χ0) is 12.5. The van der Waals surface area contributed by atoms with Crippen LogP contribution >= 0.6 is 0 Å². The van der Waals surface area contributed by atoms with Crippen molar-refractivity contribution >= 4 is 5.91 Å². The van der Waals surface area contributed by atoms with E-state index in [1.165, 1.54) is 12.8 Å². The van der Waals surface area contributed by atoms with Crippen molar-refractivity contribution < 1.29 is 4.79 Å². The Hall–Kier alpha value is -1.43. The van der Waals surface area contributed by atoms with Crippen LogP contribution in [0.15, 0.2) is 6.33 Å². The molecule has 0 aromatic carbocycles. The highest BCUT2D eigenvalue weighted by Gasteiger charge is 2.36. The first-order valence-electron chi connectivity index (χ1n) is 6.58. The van der Waals surface area contributed by atoms with Gasteiger partial charge in [0.05, 0.1) is 12.5 Å². The lowest BCUT2D eigenvalue weighted by Gasteiger charge is -2.39. The zero-order valence-electron chi connectivity index (χ0n) is 10.7. The molecule has 1 aromatic heterocycles. The predicted molar refractivity (Wildman–Crippen MR) is 65.6 cm³/mol. The molecule has 2 fully saturated rings. The molecule has 6 heteroatoms. The lowest BCUT2D eigenvalue weighted by Crippen LogP contribution is -2.53. The van der Waals surface area contributed by atoms with Crippen LogP contribution in [0.25, 0.3) is 0 Å². The van der Waals surface area contributed by atoms with E-state index in [-0.39, 0.29) is 5.92 Å². The minimum atomic E-state index is 0.205. The Balaban J connectivity index is 1.48. The van der Waals surface area contributed by atoms with Crippen molar-refractivity contribution in [3.05, 3.63) is 12.2 Å². The van der Waals surface area contributed by atoms with Gasteiger partial charge in [0.25, 0.3) is 0 Å². The molecule has 0 N–H and O–H groups in total. The number of carbonyl (C=O) groups excluding carboxylic acids is 1. The van der Waals surface area contributed by atoms with Crippen LogP contribution in [0, 0.1) is 5.92 Å². The van der Waals surface area contributed by atoms with Crippen LogP contribution in [0.1, 0.15) is 18.7 Å². The second kappa shape index (κ2) is 4.68. The first-order valence-corrected chi connectivity index (χ1v) is 6.58. The summed E-state index contributed by atoms with van der Waals surface area (Å²) in [6.07, 6.45) is 3.91. The number of rotatable bonds is 3. The minimum absolute atomic E-state index is 0.205. The standard InChI is InChI=1S/C12H19N5O/c1-15-11(13-9-14-15)8-16-6-10(7-16)12(18)17-4-2-3-5-17/h9-10H,2-8H2,1H3. The smallest absolute Gasteiger partial charge is 0.228 e. The molecule has 0 aliphatic carbocycles. The van der Waals surface area contributed by atoms with Crippen LogP contribution in [-0.4, -0.2) is 56.7 Å². The van der Waals surface area contributed by atoms with Gasteiger partial charge in [-0.1, -0.05) is 0 Å². The van der Waals surface area contributed by atoms with Crippen molar-refractivity contribution in [2.45, 2.75) is 19.4 Å². The van der Waals surface area contributed by atoms with E-state index in [1.54, 1.807) is 11.0 Å². The van der Waals surface area contributed by atoms with Crippen LogP contribution in [0.4, 0.5) is 0 Å². The summed E-state index contributed by atoms with van der Waals surface area (Å²) in [4.78, 5) is 20.6. The van der Waals surface area contributed by atoms with Gasteiger partial charge < -0.3 is 4.90 Å². The van der Waals surface area contributed by atoms with E-state index in [2.05, 4.69) is 15.0 Å². The molecule has 2 aliphatic rings. The van der Waals surface area contributed by atoms with Crippen molar-refractivity contribution in [3.63, 3.8) is 0 Å². The van der Waals surface area contributed by atoms with Crippen LogP contribution < -0.4 is 0 Å². The average Bonchev–Trinajstić information content (AvgIpc) is 2.93. The van der Waals surface area contributed by atoms with E-state index in [0.717, 1.165) is 38.5 Å². The highest BCUT2D eigenvalue weighted by molar-refractivity contribution is 5.80. The van der Waals surface area contributed by atoms with Gasteiger partial charge in [0.2, 0.25) is 5.91 Å². The van der Waals surface area contributed by atoms with Crippen molar-refractivity contribution in [2.24, 2.45) is 13.0 Å². The highest BCUT2D eigenvalue weighted by Crippen LogP contribution is 2.22. The molecule has 0 atom stereocenters. The lowest BCUT2D eigenvalue weighted by molar-refractivity contribution is -0.140. The van der Waals surface area contributed by atoms with Crippen LogP contribution in [0.5, 0.6) is 0 Å². The van der Waals surface area contributed by atoms with E-state index < -0.39 is 0 Å². The summed E-state index contributed by atoms with van der Waals surface area (Å²) in [7, 11) is 1.90. The molecule has 0 radical (unpaired) electrons. The first kappa shape index (κ1) is 11.6. The van der Waals surface area contributed by atoms with Crippen molar-refractivity contribution in [3.8, 4) is 0 Å². The molecule has 2 aliphatic heterocycles. The van der Waals surface area contributed by atoms with Crippen molar-refractivity contribution in [2.75, 3.05) is 26.2 Å². The van der Waals surface area contributed by atoms with Gasteiger partial charge in [0.1, 0.15) is 12.2 Å². The summed E-state index contributed by atoms with van der Waals surface area (Å²) in [5.74, 6) is 1.51. The maximum Gasteiger partial charge on any atom is 0.228 e. The number of hydrogen-bond donors (Lipinski definition) is 0. The molecule has 0 unspecified atom stereocenters. The molecule has 98 valence electrons. The van der Waals surface area contributed by atoms with Gasteiger partial charge in [0, 0.05) is 33.2 Å². The Morgan fingerprint density at radius 2 is 2.11 bits per heavy atom. The lowest BCUT2D eigenvalue weighted by atomic mass is 9.98. The van der Waals surface area contributed by atoms with Gasteiger partial charge in [-0.2, -0.15) is 5.10 Å². The molecule has 1 aromatic rings.